The van der Waals surface area contributed by atoms with E-state index in [0.717, 1.165) is 5.56 Å². The van der Waals surface area contributed by atoms with Crippen LogP contribution in [0.1, 0.15) is 25.8 Å². The molecule has 0 spiro atoms. The molecule has 0 fully saturated rings. The SMILES string of the molecule is C=Cc1ccccc1OC(=O)/C(C)=C/CC(OC(=O)C(=C)C)N(C)C. The highest BCUT2D eigenvalue weighted by Crippen LogP contribution is 2.20. The van der Waals surface area contributed by atoms with Gasteiger partial charge in [-0.15, -0.1) is 0 Å². The van der Waals surface area contributed by atoms with Crippen molar-refractivity contribution in [3.63, 3.8) is 0 Å². The predicted octanol–water partition coefficient (Wildman–Crippen LogP) is 3.58. The van der Waals surface area contributed by atoms with Crippen LogP contribution in [0.5, 0.6) is 5.75 Å². The van der Waals surface area contributed by atoms with Crippen molar-refractivity contribution in [2.75, 3.05) is 14.1 Å². The highest BCUT2D eigenvalue weighted by Gasteiger charge is 2.17. The van der Waals surface area contributed by atoms with Gasteiger partial charge in [0.25, 0.3) is 0 Å². The number of para-hydroxylation sites is 1. The second-order valence-corrected chi connectivity index (χ2v) is 5.86. The second kappa shape index (κ2) is 9.59. The number of esters is 2. The van der Waals surface area contributed by atoms with Crippen LogP contribution in [0.15, 0.2) is 54.6 Å². The molecule has 0 saturated heterocycles. The molecular weight excluding hydrogens is 318 g/mol. The summed E-state index contributed by atoms with van der Waals surface area (Å²) in [4.78, 5) is 25.7. The van der Waals surface area contributed by atoms with Gasteiger partial charge in [-0.2, -0.15) is 0 Å². The maximum Gasteiger partial charge on any atom is 0.338 e. The molecule has 0 aliphatic rings. The minimum absolute atomic E-state index is 0.327. The Morgan fingerprint density at radius 3 is 2.40 bits per heavy atom. The van der Waals surface area contributed by atoms with Crippen LogP contribution in [0, 0.1) is 0 Å². The number of hydrogen-bond donors (Lipinski definition) is 0. The molecule has 0 N–H and O–H groups in total. The molecule has 1 atom stereocenters. The molecule has 0 aromatic heterocycles. The van der Waals surface area contributed by atoms with Gasteiger partial charge in [-0.25, -0.2) is 9.59 Å². The normalized spacial score (nSPS) is 12.4. The molecule has 1 rings (SSSR count). The molecule has 0 bridgehead atoms. The monoisotopic (exact) mass is 343 g/mol. The van der Waals surface area contributed by atoms with Gasteiger partial charge in [-0.1, -0.05) is 43.5 Å². The quantitative estimate of drug-likeness (QED) is 0.312. The highest BCUT2D eigenvalue weighted by molar-refractivity contribution is 5.90. The average molecular weight is 343 g/mol. The topological polar surface area (TPSA) is 55.8 Å². The van der Waals surface area contributed by atoms with E-state index in [2.05, 4.69) is 13.2 Å². The molecule has 5 heteroatoms. The minimum Gasteiger partial charge on any atom is -0.443 e. The van der Waals surface area contributed by atoms with Crippen LogP contribution < -0.4 is 4.74 Å². The molecule has 1 aromatic rings. The van der Waals surface area contributed by atoms with E-state index in [9.17, 15) is 9.59 Å². The van der Waals surface area contributed by atoms with Crippen LogP contribution in [0.2, 0.25) is 0 Å². The first-order valence-corrected chi connectivity index (χ1v) is 7.89. The lowest BCUT2D eigenvalue weighted by Crippen LogP contribution is -2.32. The summed E-state index contributed by atoms with van der Waals surface area (Å²) in [7, 11) is 3.58. The first-order chi connectivity index (χ1) is 11.8. The smallest absolute Gasteiger partial charge is 0.338 e. The van der Waals surface area contributed by atoms with E-state index in [1.165, 1.54) is 0 Å². The molecule has 25 heavy (non-hydrogen) atoms. The maximum absolute atomic E-state index is 12.2. The number of hydrogen-bond acceptors (Lipinski definition) is 5. The third kappa shape index (κ3) is 6.39. The number of benzene rings is 1. The zero-order valence-electron chi connectivity index (χ0n) is 15.2. The molecule has 0 aliphatic heterocycles. The lowest BCUT2D eigenvalue weighted by molar-refractivity contribution is -0.151. The van der Waals surface area contributed by atoms with Crippen molar-refractivity contribution < 1.29 is 19.1 Å². The summed E-state index contributed by atoms with van der Waals surface area (Å²) in [5.74, 6) is -0.474. The Balaban J connectivity index is 2.77. The van der Waals surface area contributed by atoms with Gasteiger partial charge in [-0.3, -0.25) is 4.90 Å². The number of ether oxygens (including phenoxy) is 2. The average Bonchev–Trinajstić information content (AvgIpc) is 2.57. The molecule has 1 aromatic carbocycles. The number of rotatable bonds is 8. The van der Waals surface area contributed by atoms with E-state index in [-0.39, 0.29) is 0 Å². The molecule has 134 valence electrons. The molecule has 0 saturated carbocycles. The van der Waals surface area contributed by atoms with Crippen molar-refractivity contribution in [2.24, 2.45) is 0 Å². The van der Waals surface area contributed by atoms with Gasteiger partial charge < -0.3 is 9.47 Å². The number of carbonyl (C=O) groups is 2. The fourth-order valence-corrected chi connectivity index (χ4v) is 1.87. The lowest BCUT2D eigenvalue weighted by Gasteiger charge is -2.23. The maximum atomic E-state index is 12.2. The Kier molecular flexibility index (Phi) is 7.82. The van der Waals surface area contributed by atoms with Gasteiger partial charge in [-0.05, 0) is 34.0 Å². The number of nitrogens with zero attached hydrogens (tertiary/aromatic N) is 1. The molecule has 0 amide bonds. The van der Waals surface area contributed by atoms with Gasteiger partial charge in [0.2, 0.25) is 0 Å². The van der Waals surface area contributed by atoms with Crippen LogP contribution in [-0.4, -0.2) is 37.2 Å². The summed E-state index contributed by atoms with van der Waals surface area (Å²) in [6.07, 6.45) is 3.18. The lowest BCUT2D eigenvalue weighted by atomic mass is 10.2. The zero-order chi connectivity index (χ0) is 19.0. The third-order valence-electron chi connectivity index (χ3n) is 3.46. The van der Waals surface area contributed by atoms with E-state index in [1.807, 2.05) is 12.1 Å². The summed E-state index contributed by atoms with van der Waals surface area (Å²) < 4.78 is 10.7. The van der Waals surface area contributed by atoms with Gasteiger partial charge in [0, 0.05) is 23.1 Å². The van der Waals surface area contributed by atoms with Gasteiger partial charge in [0.15, 0.2) is 6.23 Å². The van der Waals surface area contributed by atoms with E-state index in [1.54, 1.807) is 57.1 Å². The third-order valence-corrected chi connectivity index (χ3v) is 3.46. The Morgan fingerprint density at radius 2 is 1.84 bits per heavy atom. The number of carbonyl (C=O) groups excluding carboxylic acids is 2. The summed E-state index contributed by atoms with van der Waals surface area (Å²) in [6, 6.07) is 7.15. The van der Waals surface area contributed by atoms with Crippen LogP contribution in [0.3, 0.4) is 0 Å². The van der Waals surface area contributed by atoms with Crippen molar-refractivity contribution in [3.05, 3.63) is 60.2 Å². The minimum atomic E-state index is -0.493. The molecule has 1 unspecified atom stereocenters. The Bertz CT molecular complexity index is 689. The van der Waals surface area contributed by atoms with Crippen molar-refractivity contribution in [3.8, 4) is 5.75 Å². The second-order valence-electron chi connectivity index (χ2n) is 5.86. The van der Waals surface area contributed by atoms with E-state index in [4.69, 9.17) is 9.47 Å². The van der Waals surface area contributed by atoms with Crippen LogP contribution in [0.25, 0.3) is 6.08 Å². The summed E-state index contributed by atoms with van der Waals surface area (Å²) >= 11 is 0. The van der Waals surface area contributed by atoms with E-state index >= 15 is 0 Å². The molecule has 0 radical (unpaired) electrons. The van der Waals surface area contributed by atoms with E-state index in [0.29, 0.717) is 23.3 Å². The summed E-state index contributed by atoms with van der Waals surface area (Å²) in [6.45, 7) is 10.5. The van der Waals surface area contributed by atoms with Crippen LogP contribution in [0.4, 0.5) is 0 Å². The predicted molar refractivity (Wildman–Crippen MR) is 98.9 cm³/mol. The zero-order valence-corrected chi connectivity index (χ0v) is 15.2. The highest BCUT2D eigenvalue weighted by atomic mass is 16.6. The largest absolute Gasteiger partial charge is 0.443 e. The van der Waals surface area contributed by atoms with Crippen molar-refractivity contribution in [2.45, 2.75) is 26.5 Å². The Hall–Kier alpha value is -2.66. The van der Waals surface area contributed by atoms with Crippen molar-refractivity contribution in [1.82, 2.24) is 4.90 Å². The van der Waals surface area contributed by atoms with Crippen molar-refractivity contribution >= 4 is 18.0 Å². The van der Waals surface area contributed by atoms with E-state index < -0.39 is 18.2 Å². The molecule has 0 heterocycles. The summed E-state index contributed by atoms with van der Waals surface area (Å²) in [5.41, 5.74) is 1.50. The standard InChI is InChI=1S/C20H25NO4/c1-7-16-10-8-9-11-17(16)24-20(23)15(4)12-13-18(21(5)6)25-19(22)14(2)3/h7-12,18H,1-2,13H2,3-6H3/b15-12+. The molecule has 0 aliphatic carbocycles. The van der Waals surface area contributed by atoms with Crippen LogP contribution >= 0.6 is 0 Å². The Morgan fingerprint density at radius 1 is 1.20 bits per heavy atom. The fraction of sp³-hybridized carbons (Fsp3) is 0.300. The Labute approximate surface area is 149 Å². The van der Waals surface area contributed by atoms with Crippen molar-refractivity contribution in [1.29, 1.82) is 0 Å². The first-order valence-electron chi connectivity index (χ1n) is 7.89. The van der Waals surface area contributed by atoms with Gasteiger partial charge in [0.1, 0.15) is 5.75 Å². The molecule has 5 nitrogen and oxygen atoms in total. The first kappa shape index (κ1) is 20.4. The van der Waals surface area contributed by atoms with Crippen LogP contribution in [-0.2, 0) is 14.3 Å². The molecular formula is C20H25NO4. The van der Waals surface area contributed by atoms with Gasteiger partial charge in [0.05, 0.1) is 0 Å². The fourth-order valence-electron chi connectivity index (χ4n) is 1.87. The summed E-state index contributed by atoms with van der Waals surface area (Å²) in [5, 5.41) is 0. The van der Waals surface area contributed by atoms with Gasteiger partial charge >= 0.3 is 11.9 Å².